The predicted octanol–water partition coefficient (Wildman–Crippen LogP) is 1.91. The molecule has 2 heterocycles. The molecule has 0 aromatic heterocycles. The Bertz CT molecular complexity index is 550. The molecule has 3 rings (SSSR count). The maximum atomic E-state index is 12.5. The van der Waals surface area contributed by atoms with Crippen LogP contribution in [-0.4, -0.2) is 62.3 Å². The average Bonchev–Trinajstić information content (AvgIpc) is 2.62. The van der Waals surface area contributed by atoms with Crippen LogP contribution in [0.5, 0.6) is 5.75 Å². The lowest BCUT2D eigenvalue weighted by Gasteiger charge is -2.37. The smallest absolute Gasteiger partial charge is 0.320 e. The Morgan fingerprint density at radius 1 is 1.17 bits per heavy atom. The molecule has 23 heavy (non-hydrogen) atoms. The molecule has 0 unspecified atom stereocenters. The van der Waals surface area contributed by atoms with Crippen LogP contribution < -0.4 is 10.5 Å². The monoisotopic (exact) mass is 319 g/mol. The second-order valence-electron chi connectivity index (χ2n) is 6.14. The average molecular weight is 319 g/mol. The van der Waals surface area contributed by atoms with Crippen LogP contribution in [0.25, 0.3) is 0 Å². The minimum absolute atomic E-state index is 0.154. The van der Waals surface area contributed by atoms with E-state index in [9.17, 15) is 4.79 Å². The summed E-state index contributed by atoms with van der Waals surface area (Å²) in [5.41, 5.74) is 7.79. The van der Waals surface area contributed by atoms with Crippen LogP contribution in [-0.2, 0) is 4.74 Å². The summed E-state index contributed by atoms with van der Waals surface area (Å²) in [6.45, 7) is 4.30. The number of benzene rings is 1. The number of methoxy groups -OCH3 is 1. The van der Waals surface area contributed by atoms with Crippen LogP contribution in [0.4, 0.5) is 10.5 Å². The third-order valence-electron chi connectivity index (χ3n) is 4.78. The molecule has 6 nitrogen and oxygen atoms in total. The first kappa shape index (κ1) is 15.9. The van der Waals surface area contributed by atoms with Gasteiger partial charge in [0, 0.05) is 26.2 Å². The first-order valence-corrected chi connectivity index (χ1v) is 8.24. The third kappa shape index (κ3) is 3.52. The number of carbonyl (C=O) groups excluding carboxylic acids is 1. The summed E-state index contributed by atoms with van der Waals surface area (Å²) in [5, 5.41) is 0. The predicted molar refractivity (Wildman–Crippen MR) is 88.7 cm³/mol. The van der Waals surface area contributed by atoms with E-state index in [0.29, 0.717) is 37.9 Å². The minimum Gasteiger partial charge on any atom is -0.495 e. The molecule has 0 aliphatic carbocycles. The third-order valence-corrected chi connectivity index (χ3v) is 4.78. The van der Waals surface area contributed by atoms with Gasteiger partial charge in [0.1, 0.15) is 5.75 Å². The number of nitrogens with two attached hydrogens (primary N) is 1. The number of rotatable bonds is 2. The Hall–Kier alpha value is -1.95. The van der Waals surface area contributed by atoms with Gasteiger partial charge < -0.3 is 25.0 Å². The Morgan fingerprint density at radius 3 is 2.48 bits per heavy atom. The number of ether oxygens (including phenoxy) is 2. The highest BCUT2D eigenvalue weighted by Gasteiger charge is 2.28. The fraction of sp³-hybridized carbons (Fsp3) is 0.588. The standard InChI is InChI=1S/C17H25N3O3/c1-22-16-12-14(2-3-15(16)18)13-4-6-19(7-5-13)17(21)20-8-10-23-11-9-20/h2-3,12-13H,4-11,18H2,1H3. The molecule has 0 bridgehead atoms. The molecule has 6 heteroatoms. The number of hydrogen-bond donors (Lipinski definition) is 1. The Kier molecular flexibility index (Phi) is 4.91. The van der Waals surface area contributed by atoms with Crippen molar-refractivity contribution in [2.45, 2.75) is 18.8 Å². The lowest BCUT2D eigenvalue weighted by atomic mass is 9.89. The second-order valence-corrected chi connectivity index (χ2v) is 6.14. The number of nitrogens with zero attached hydrogens (tertiary/aromatic N) is 2. The van der Waals surface area contributed by atoms with Crippen molar-refractivity contribution in [3.05, 3.63) is 23.8 Å². The van der Waals surface area contributed by atoms with Crippen molar-refractivity contribution in [1.82, 2.24) is 9.80 Å². The van der Waals surface area contributed by atoms with Gasteiger partial charge in [-0.2, -0.15) is 0 Å². The van der Waals surface area contributed by atoms with Crippen LogP contribution in [0.3, 0.4) is 0 Å². The van der Waals surface area contributed by atoms with Gasteiger partial charge in [-0.25, -0.2) is 4.79 Å². The molecular weight excluding hydrogens is 294 g/mol. The summed E-state index contributed by atoms with van der Waals surface area (Å²) in [6.07, 6.45) is 1.95. The van der Waals surface area contributed by atoms with E-state index in [1.165, 1.54) is 5.56 Å². The molecular formula is C17H25N3O3. The number of hydrogen-bond acceptors (Lipinski definition) is 4. The molecule has 2 N–H and O–H groups in total. The Balaban J connectivity index is 1.58. The van der Waals surface area contributed by atoms with E-state index < -0.39 is 0 Å². The molecule has 1 aromatic carbocycles. The summed E-state index contributed by atoms with van der Waals surface area (Å²) < 4.78 is 10.6. The highest BCUT2D eigenvalue weighted by molar-refractivity contribution is 5.74. The van der Waals surface area contributed by atoms with Gasteiger partial charge in [-0.15, -0.1) is 0 Å². The van der Waals surface area contributed by atoms with Crippen molar-refractivity contribution < 1.29 is 14.3 Å². The number of anilines is 1. The van der Waals surface area contributed by atoms with Crippen LogP contribution in [0.2, 0.25) is 0 Å². The number of urea groups is 1. The quantitative estimate of drug-likeness (QED) is 0.846. The van der Waals surface area contributed by atoms with Gasteiger partial charge in [0.15, 0.2) is 0 Å². The van der Waals surface area contributed by atoms with Gasteiger partial charge in [-0.3, -0.25) is 0 Å². The van der Waals surface area contributed by atoms with Gasteiger partial charge in [0.2, 0.25) is 0 Å². The second kappa shape index (κ2) is 7.08. The first-order valence-electron chi connectivity index (χ1n) is 8.24. The van der Waals surface area contributed by atoms with E-state index in [2.05, 4.69) is 6.07 Å². The molecule has 0 saturated carbocycles. The van der Waals surface area contributed by atoms with Crippen LogP contribution in [0.1, 0.15) is 24.3 Å². The number of piperidine rings is 1. The molecule has 1 aromatic rings. The maximum Gasteiger partial charge on any atom is 0.320 e. The number of nitrogen functional groups attached to an aromatic ring is 1. The Labute approximate surface area is 137 Å². The van der Waals surface area contributed by atoms with E-state index in [-0.39, 0.29) is 6.03 Å². The number of amides is 2. The summed E-state index contributed by atoms with van der Waals surface area (Å²) >= 11 is 0. The number of carbonyl (C=O) groups is 1. The lowest BCUT2D eigenvalue weighted by molar-refractivity contribution is 0.0411. The maximum absolute atomic E-state index is 12.5. The van der Waals surface area contributed by atoms with E-state index in [4.69, 9.17) is 15.2 Å². The van der Waals surface area contributed by atoms with Crippen LogP contribution in [0.15, 0.2) is 18.2 Å². The molecule has 2 fully saturated rings. The lowest BCUT2D eigenvalue weighted by Crippen LogP contribution is -2.50. The van der Waals surface area contributed by atoms with Gasteiger partial charge in [-0.1, -0.05) is 6.07 Å². The SMILES string of the molecule is COc1cc(C2CCN(C(=O)N3CCOCC3)CC2)ccc1N. The van der Waals surface area contributed by atoms with E-state index in [1.54, 1.807) is 7.11 Å². The van der Waals surface area contributed by atoms with E-state index >= 15 is 0 Å². The van der Waals surface area contributed by atoms with Crippen molar-refractivity contribution >= 4 is 11.7 Å². The molecule has 2 aliphatic rings. The van der Waals surface area contributed by atoms with Gasteiger partial charge in [0.25, 0.3) is 0 Å². The van der Waals surface area contributed by atoms with Crippen LogP contribution in [0, 0.1) is 0 Å². The first-order chi connectivity index (χ1) is 11.2. The number of likely N-dealkylation sites (tertiary alicyclic amines) is 1. The van der Waals surface area contributed by atoms with Crippen molar-refractivity contribution in [3.63, 3.8) is 0 Å². The van der Waals surface area contributed by atoms with E-state index in [1.807, 2.05) is 21.9 Å². The zero-order valence-electron chi connectivity index (χ0n) is 13.7. The zero-order valence-corrected chi connectivity index (χ0v) is 13.7. The van der Waals surface area contributed by atoms with Crippen molar-refractivity contribution in [3.8, 4) is 5.75 Å². The van der Waals surface area contributed by atoms with Gasteiger partial charge in [0.05, 0.1) is 26.0 Å². The highest BCUT2D eigenvalue weighted by Crippen LogP contribution is 2.32. The molecule has 2 aliphatic heterocycles. The normalized spacial score (nSPS) is 19.7. The number of morpholine rings is 1. The largest absolute Gasteiger partial charge is 0.495 e. The summed E-state index contributed by atoms with van der Waals surface area (Å²) in [7, 11) is 1.64. The summed E-state index contributed by atoms with van der Waals surface area (Å²) in [4.78, 5) is 16.4. The van der Waals surface area contributed by atoms with Gasteiger partial charge >= 0.3 is 6.03 Å². The van der Waals surface area contributed by atoms with Crippen molar-refractivity contribution in [2.75, 3.05) is 52.2 Å². The molecule has 0 spiro atoms. The van der Waals surface area contributed by atoms with Crippen LogP contribution >= 0.6 is 0 Å². The molecule has 0 radical (unpaired) electrons. The topological polar surface area (TPSA) is 68.0 Å². The van der Waals surface area contributed by atoms with Gasteiger partial charge in [-0.05, 0) is 36.5 Å². The fourth-order valence-electron chi connectivity index (χ4n) is 3.34. The molecule has 2 saturated heterocycles. The summed E-state index contributed by atoms with van der Waals surface area (Å²) in [6, 6.07) is 6.16. The zero-order chi connectivity index (χ0) is 16.2. The van der Waals surface area contributed by atoms with E-state index in [0.717, 1.165) is 31.7 Å². The Morgan fingerprint density at radius 2 is 1.83 bits per heavy atom. The molecule has 126 valence electrons. The highest BCUT2D eigenvalue weighted by atomic mass is 16.5. The fourth-order valence-corrected chi connectivity index (χ4v) is 3.34. The van der Waals surface area contributed by atoms with Crippen molar-refractivity contribution in [1.29, 1.82) is 0 Å². The molecule has 2 amide bonds. The molecule has 0 atom stereocenters. The minimum atomic E-state index is 0.154. The summed E-state index contributed by atoms with van der Waals surface area (Å²) in [5.74, 6) is 1.19. The van der Waals surface area contributed by atoms with Crippen molar-refractivity contribution in [2.24, 2.45) is 0 Å².